The van der Waals surface area contributed by atoms with Crippen molar-refractivity contribution in [1.29, 1.82) is 0 Å². The monoisotopic (exact) mass is 292 g/mol. The van der Waals surface area contributed by atoms with E-state index in [-0.39, 0.29) is 23.9 Å². The van der Waals surface area contributed by atoms with E-state index >= 15 is 0 Å². The van der Waals surface area contributed by atoms with Crippen molar-refractivity contribution in [1.82, 2.24) is 10.2 Å². The number of nitrogens with zero attached hydrogens (tertiary/aromatic N) is 1. The molecule has 1 heterocycles. The third-order valence-electron chi connectivity index (χ3n) is 5.50. The van der Waals surface area contributed by atoms with E-state index < -0.39 is 0 Å². The summed E-state index contributed by atoms with van der Waals surface area (Å²) >= 11 is 0. The van der Waals surface area contributed by atoms with Gasteiger partial charge in [0.15, 0.2) is 0 Å². The van der Waals surface area contributed by atoms with Crippen molar-refractivity contribution in [2.24, 2.45) is 5.92 Å². The first-order valence-corrected chi connectivity index (χ1v) is 8.85. The van der Waals surface area contributed by atoms with Crippen molar-refractivity contribution in [2.75, 3.05) is 6.54 Å². The summed E-state index contributed by atoms with van der Waals surface area (Å²) in [7, 11) is 0. The van der Waals surface area contributed by atoms with Crippen molar-refractivity contribution < 1.29 is 9.59 Å². The molecule has 3 fully saturated rings. The summed E-state index contributed by atoms with van der Waals surface area (Å²) in [6, 6.07) is -0.0767. The molecule has 0 radical (unpaired) electrons. The molecule has 118 valence electrons. The first kappa shape index (κ1) is 15.0. The summed E-state index contributed by atoms with van der Waals surface area (Å²) in [5, 5.41) is 3.38. The normalized spacial score (nSPS) is 29.3. The Balaban J connectivity index is 1.55. The number of rotatable bonds is 4. The third-order valence-corrected chi connectivity index (χ3v) is 5.50. The van der Waals surface area contributed by atoms with E-state index in [1.54, 1.807) is 4.90 Å². The van der Waals surface area contributed by atoms with Crippen molar-refractivity contribution in [3.63, 3.8) is 0 Å². The molecule has 3 rings (SSSR count). The van der Waals surface area contributed by atoms with E-state index in [1.807, 2.05) is 0 Å². The Labute approximate surface area is 127 Å². The second-order valence-corrected chi connectivity index (χ2v) is 7.06. The van der Waals surface area contributed by atoms with Gasteiger partial charge in [0, 0.05) is 6.04 Å². The molecule has 4 nitrogen and oxygen atoms in total. The SMILES string of the molecule is O=C1CC(NCC2CCCC2)C(=O)N1C1CCCCCC1. The van der Waals surface area contributed by atoms with Crippen molar-refractivity contribution in [2.45, 2.75) is 82.7 Å². The zero-order chi connectivity index (χ0) is 14.7. The minimum atomic E-state index is -0.249. The minimum Gasteiger partial charge on any atom is -0.305 e. The van der Waals surface area contributed by atoms with Gasteiger partial charge in [-0.25, -0.2) is 0 Å². The van der Waals surface area contributed by atoms with E-state index in [0.717, 1.165) is 32.2 Å². The summed E-state index contributed by atoms with van der Waals surface area (Å²) in [6.45, 7) is 0.905. The fourth-order valence-corrected chi connectivity index (χ4v) is 4.23. The fourth-order valence-electron chi connectivity index (χ4n) is 4.23. The van der Waals surface area contributed by atoms with E-state index in [2.05, 4.69) is 5.32 Å². The van der Waals surface area contributed by atoms with Crippen LogP contribution in [0.25, 0.3) is 0 Å². The molecule has 1 N–H and O–H groups in total. The molecular formula is C17H28N2O2. The van der Waals surface area contributed by atoms with E-state index in [0.29, 0.717) is 12.3 Å². The summed E-state index contributed by atoms with van der Waals surface area (Å²) < 4.78 is 0. The van der Waals surface area contributed by atoms with Gasteiger partial charge in [-0.3, -0.25) is 14.5 Å². The lowest BCUT2D eigenvalue weighted by molar-refractivity contribution is -0.141. The molecule has 0 aromatic carbocycles. The first-order valence-electron chi connectivity index (χ1n) is 8.85. The first-order chi connectivity index (χ1) is 10.3. The van der Waals surface area contributed by atoms with Crippen LogP contribution in [0.2, 0.25) is 0 Å². The van der Waals surface area contributed by atoms with Crippen LogP contribution in [0.4, 0.5) is 0 Å². The zero-order valence-electron chi connectivity index (χ0n) is 13.0. The minimum absolute atomic E-state index is 0.0462. The van der Waals surface area contributed by atoms with Crippen LogP contribution in [0.15, 0.2) is 0 Å². The molecule has 2 saturated carbocycles. The van der Waals surface area contributed by atoms with Crippen LogP contribution < -0.4 is 5.32 Å². The molecule has 3 aliphatic rings. The largest absolute Gasteiger partial charge is 0.305 e. The van der Waals surface area contributed by atoms with Crippen LogP contribution in [0.1, 0.15) is 70.6 Å². The van der Waals surface area contributed by atoms with Gasteiger partial charge in [0.2, 0.25) is 11.8 Å². The summed E-state index contributed by atoms with van der Waals surface area (Å²) in [4.78, 5) is 26.5. The van der Waals surface area contributed by atoms with Gasteiger partial charge < -0.3 is 5.32 Å². The van der Waals surface area contributed by atoms with Gasteiger partial charge in [-0.2, -0.15) is 0 Å². The summed E-state index contributed by atoms with van der Waals surface area (Å²) in [6.07, 6.45) is 12.4. The number of imide groups is 1. The summed E-state index contributed by atoms with van der Waals surface area (Å²) in [5.74, 6) is 0.806. The van der Waals surface area contributed by atoms with Gasteiger partial charge in [0.1, 0.15) is 0 Å². The smallest absolute Gasteiger partial charge is 0.247 e. The molecule has 1 atom stereocenters. The van der Waals surface area contributed by atoms with Crippen LogP contribution in [0.5, 0.6) is 0 Å². The highest BCUT2D eigenvalue weighted by atomic mass is 16.2. The molecular weight excluding hydrogens is 264 g/mol. The Hall–Kier alpha value is -0.900. The van der Waals surface area contributed by atoms with Crippen LogP contribution in [0.3, 0.4) is 0 Å². The molecule has 0 aromatic rings. The third kappa shape index (κ3) is 3.47. The van der Waals surface area contributed by atoms with E-state index in [9.17, 15) is 9.59 Å². The molecule has 2 amide bonds. The van der Waals surface area contributed by atoms with Crippen molar-refractivity contribution >= 4 is 11.8 Å². The number of hydrogen-bond acceptors (Lipinski definition) is 3. The summed E-state index contributed by atoms with van der Waals surface area (Å²) in [5.41, 5.74) is 0. The molecule has 21 heavy (non-hydrogen) atoms. The van der Waals surface area contributed by atoms with Gasteiger partial charge in [-0.1, -0.05) is 38.5 Å². The van der Waals surface area contributed by atoms with Crippen molar-refractivity contribution in [3.05, 3.63) is 0 Å². The quantitative estimate of drug-likeness (QED) is 0.640. The number of likely N-dealkylation sites (tertiary alicyclic amines) is 1. The molecule has 4 heteroatoms. The number of hydrogen-bond donors (Lipinski definition) is 1. The Morgan fingerprint density at radius 3 is 2.19 bits per heavy atom. The number of amides is 2. The predicted octanol–water partition coefficient (Wildman–Crippen LogP) is 2.62. The van der Waals surface area contributed by atoms with Crippen LogP contribution in [-0.2, 0) is 9.59 Å². The maximum absolute atomic E-state index is 12.6. The molecule has 1 saturated heterocycles. The maximum atomic E-state index is 12.6. The molecule has 0 bridgehead atoms. The lowest BCUT2D eigenvalue weighted by Gasteiger charge is -2.25. The van der Waals surface area contributed by atoms with Crippen LogP contribution in [-0.4, -0.2) is 35.3 Å². The Kier molecular flexibility index (Phi) is 4.94. The predicted molar refractivity (Wildman–Crippen MR) is 81.7 cm³/mol. The fraction of sp³-hybridized carbons (Fsp3) is 0.882. The highest BCUT2D eigenvalue weighted by molar-refractivity contribution is 6.05. The average Bonchev–Trinajstić information content (AvgIpc) is 2.98. The number of carbonyl (C=O) groups is 2. The Morgan fingerprint density at radius 1 is 0.905 bits per heavy atom. The van der Waals surface area contributed by atoms with Gasteiger partial charge >= 0.3 is 0 Å². The molecule has 0 spiro atoms. The van der Waals surface area contributed by atoms with Gasteiger partial charge in [-0.05, 0) is 38.1 Å². The van der Waals surface area contributed by atoms with Crippen LogP contribution in [0, 0.1) is 5.92 Å². The maximum Gasteiger partial charge on any atom is 0.247 e. The number of nitrogens with one attached hydrogen (secondary N) is 1. The van der Waals surface area contributed by atoms with Gasteiger partial charge in [-0.15, -0.1) is 0 Å². The van der Waals surface area contributed by atoms with E-state index in [4.69, 9.17) is 0 Å². The lowest BCUT2D eigenvalue weighted by Crippen LogP contribution is -2.44. The van der Waals surface area contributed by atoms with Crippen LogP contribution >= 0.6 is 0 Å². The van der Waals surface area contributed by atoms with Crippen molar-refractivity contribution in [3.8, 4) is 0 Å². The molecule has 0 aromatic heterocycles. The number of carbonyl (C=O) groups excluding carboxylic acids is 2. The lowest BCUT2D eigenvalue weighted by atomic mass is 10.1. The Bertz CT molecular complexity index is 382. The standard InChI is InChI=1S/C17H28N2O2/c20-16-11-15(18-12-13-7-5-6-8-13)17(21)19(16)14-9-3-1-2-4-10-14/h13-15,18H,1-12H2. The molecule has 2 aliphatic carbocycles. The topological polar surface area (TPSA) is 49.4 Å². The highest BCUT2D eigenvalue weighted by Crippen LogP contribution is 2.28. The highest BCUT2D eigenvalue weighted by Gasteiger charge is 2.42. The zero-order valence-corrected chi connectivity index (χ0v) is 13.0. The van der Waals surface area contributed by atoms with Gasteiger partial charge in [0.05, 0.1) is 12.5 Å². The molecule has 1 aliphatic heterocycles. The average molecular weight is 292 g/mol. The Morgan fingerprint density at radius 2 is 1.52 bits per heavy atom. The van der Waals surface area contributed by atoms with E-state index in [1.165, 1.54) is 38.5 Å². The molecule has 1 unspecified atom stereocenters. The second kappa shape index (κ2) is 6.91. The second-order valence-electron chi connectivity index (χ2n) is 7.06. The van der Waals surface area contributed by atoms with Gasteiger partial charge in [0.25, 0.3) is 0 Å².